The molecular formula is C22H31F3N3O2+. The molecule has 1 heterocycles. The van der Waals surface area contributed by atoms with Gasteiger partial charge in [0, 0.05) is 37.5 Å². The van der Waals surface area contributed by atoms with Crippen molar-refractivity contribution in [1.29, 1.82) is 0 Å². The van der Waals surface area contributed by atoms with Crippen LogP contribution in [0.5, 0.6) is 5.75 Å². The van der Waals surface area contributed by atoms with E-state index in [1.807, 2.05) is 0 Å². The molecule has 0 bridgehead atoms. The zero-order chi connectivity index (χ0) is 21.7. The van der Waals surface area contributed by atoms with Crippen LogP contribution in [0.3, 0.4) is 0 Å². The third-order valence-electron chi connectivity index (χ3n) is 7.49. The average molecular weight is 427 g/mol. The number of nitrogens with two attached hydrogens (primary N) is 1. The molecule has 1 aromatic rings. The topological polar surface area (TPSA) is 55.6 Å². The van der Waals surface area contributed by atoms with Gasteiger partial charge in [-0.1, -0.05) is 0 Å². The van der Waals surface area contributed by atoms with Crippen molar-refractivity contribution >= 4 is 11.6 Å². The van der Waals surface area contributed by atoms with Crippen molar-refractivity contribution in [2.45, 2.75) is 50.6 Å². The van der Waals surface area contributed by atoms with Crippen LogP contribution in [-0.2, 0) is 4.79 Å². The van der Waals surface area contributed by atoms with E-state index >= 15 is 0 Å². The normalized spacial score (nSPS) is 27.8. The van der Waals surface area contributed by atoms with Gasteiger partial charge in [0.25, 0.3) is 5.91 Å². The lowest BCUT2D eigenvalue weighted by Crippen LogP contribution is -2.62. The molecule has 0 radical (unpaired) electrons. The zero-order valence-electron chi connectivity index (χ0n) is 17.6. The summed E-state index contributed by atoms with van der Waals surface area (Å²) in [6, 6.07) is 6.32. The number of anilines is 1. The second-order valence-corrected chi connectivity index (χ2v) is 9.74. The molecule has 2 saturated carbocycles. The summed E-state index contributed by atoms with van der Waals surface area (Å²) in [5, 5.41) is 0. The Balaban J connectivity index is 1.45. The molecule has 2 aliphatic carbocycles. The standard InChI is InChI=1S/C22H30F3N3O2/c1-28(2,20(21(26)29)11-14-3-4-14)19-10-5-15-12-27(13-18(15)19)16-6-8-17(9-7-16)30-22(23,24)25/h6-9,14-15,18-20H,3-5,10-13H2,1-2H3,(H-,26,29)/p+1/t15-,18+,19+,20+/m1/s1. The maximum atomic E-state index is 12.4. The number of amides is 1. The molecule has 5 nitrogen and oxygen atoms in total. The van der Waals surface area contributed by atoms with Gasteiger partial charge in [0.2, 0.25) is 0 Å². The maximum Gasteiger partial charge on any atom is 0.573 e. The summed E-state index contributed by atoms with van der Waals surface area (Å²) in [7, 11) is 4.30. The van der Waals surface area contributed by atoms with Gasteiger partial charge < -0.3 is 19.9 Å². The number of benzene rings is 1. The van der Waals surface area contributed by atoms with Gasteiger partial charge in [0.15, 0.2) is 6.04 Å². The third-order valence-corrected chi connectivity index (χ3v) is 7.49. The lowest BCUT2D eigenvalue weighted by molar-refractivity contribution is -0.933. The van der Waals surface area contributed by atoms with E-state index in [4.69, 9.17) is 5.73 Å². The molecule has 8 heteroatoms. The van der Waals surface area contributed by atoms with Gasteiger partial charge >= 0.3 is 6.36 Å². The van der Waals surface area contributed by atoms with Crippen molar-refractivity contribution in [2.24, 2.45) is 23.5 Å². The number of fused-ring (bicyclic) bond motifs is 1. The van der Waals surface area contributed by atoms with Crippen molar-refractivity contribution in [3.63, 3.8) is 0 Å². The van der Waals surface area contributed by atoms with Crippen LogP contribution in [0.25, 0.3) is 0 Å². The van der Waals surface area contributed by atoms with Crippen LogP contribution in [0, 0.1) is 17.8 Å². The van der Waals surface area contributed by atoms with Crippen molar-refractivity contribution < 1.29 is 27.2 Å². The lowest BCUT2D eigenvalue weighted by Gasteiger charge is -2.44. The first-order chi connectivity index (χ1) is 14.0. The smallest absolute Gasteiger partial charge is 0.406 e. The Morgan fingerprint density at radius 2 is 1.83 bits per heavy atom. The molecule has 0 aromatic heterocycles. The highest BCUT2D eigenvalue weighted by Gasteiger charge is 2.53. The van der Waals surface area contributed by atoms with E-state index in [1.54, 1.807) is 12.1 Å². The van der Waals surface area contributed by atoms with E-state index in [0.29, 0.717) is 28.3 Å². The second kappa shape index (κ2) is 7.62. The van der Waals surface area contributed by atoms with E-state index < -0.39 is 6.36 Å². The molecular weight excluding hydrogens is 395 g/mol. The van der Waals surface area contributed by atoms with Gasteiger partial charge in [-0.2, -0.15) is 0 Å². The Kier molecular flexibility index (Phi) is 5.41. The highest BCUT2D eigenvalue weighted by molar-refractivity contribution is 5.78. The Morgan fingerprint density at radius 3 is 2.40 bits per heavy atom. The largest absolute Gasteiger partial charge is 0.573 e. The van der Waals surface area contributed by atoms with Gasteiger partial charge in [0.1, 0.15) is 5.75 Å². The summed E-state index contributed by atoms with van der Waals surface area (Å²) in [6.45, 7) is 1.75. The average Bonchev–Trinajstić information content (AvgIpc) is 3.23. The summed E-state index contributed by atoms with van der Waals surface area (Å²) in [4.78, 5) is 14.5. The van der Waals surface area contributed by atoms with Crippen molar-refractivity contribution in [2.75, 3.05) is 32.1 Å². The first-order valence-corrected chi connectivity index (χ1v) is 10.8. The van der Waals surface area contributed by atoms with Crippen LogP contribution in [0.15, 0.2) is 24.3 Å². The minimum atomic E-state index is -4.68. The third kappa shape index (κ3) is 4.38. The van der Waals surface area contributed by atoms with Gasteiger partial charge in [-0.05, 0) is 55.4 Å². The van der Waals surface area contributed by atoms with Crippen LogP contribution in [0.1, 0.15) is 32.1 Å². The Labute approximate surface area is 175 Å². The van der Waals surface area contributed by atoms with E-state index in [2.05, 4.69) is 23.7 Å². The molecule has 166 valence electrons. The summed E-state index contributed by atoms with van der Waals surface area (Å²) in [6.07, 6.45) is 0.784. The van der Waals surface area contributed by atoms with Crippen molar-refractivity contribution in [3.05, 3.63) is 24.3 Å². The number of likely N-dealkylation sites (N-methyl/N-ethyl adjacent to an activating group) is 1. The number of rotatable bonds is 7. The number of primary amides is 1. The number of halogens is 3. The highest BCUT2D eigenvalue weighted by Crippen LogP contribution is 2.46. The predicted octanol–water partition coefficient (Wildman–Crippen LogP) is 3.53. The van der Waals surface area contributed by atoms with E-state index in [0.717, 1.165) is 38.0 Å². The minimum absolute atomic E-state index is 0.158. The first kappa shape index (κ1) is 21.3. The van der Waals surface area contributed by atoms with Crippen LogP contribution < -0.4 is 15.4 Å². The van der Waals surface area contributed by atoms with Crippen molar-refractivity contribution in [3.8, 4) is 5.75 Å². The number of ether oxygens (including phenoxy) is 1. The number of hydrogen-bond donors (Lipinski definition) is 1. The first-order valence-electron chi connectivity index (χ1n) is 10.8. The van der Waals surface area contributed by atoms with Gasteiger partial charge in [-0.25, -0.2) is 0 Å². The lowest BCUT2D eigenvalue weighted by atomic mass is 9.93. The maximum absolute atomic E-state index is 12.4. The molecule has 3 fully saturated rings. The van der Waals surface area contributed by atoms with E-state index in [9.17, 15) is 18.0 Å². The fraction of sp³-hybridized carbons (Fsp3) is 0.682. The minimum Gasteiger partial charge on any atom is -0.406 e. The van der Waals surface area contributed by atoms with Crippen molar-refractivity contribution in [1.82, 2.24) is 0 Å². The molecule has 4 atom stereocenters. The second-order valence-electron chi connectivity index (χ2n) is 9.74. The number of carbonyl (C=O) groups excluding carboxylic acids is 1. The van der Waals surface area contributed by atoms with E-state index in [-0.39, 0.29) is 17.7 Å². The summed E-state index contributed by atoms with van der Waals surface area (Å²) in [5.74, 6) is 1.21. The molecule has 1 aliphatic heterocycles. The molecule has 1 aromatic carbocycles. The number of quaternary nitrogens is 1. The molecule has 0 unspecified atom stereocenters. The fourth-order valence-corrected chi connectivity index (χ4v) is 5.75. The SMILES string of the molecule is C[N+](C)([C@@H](CC1CC1)C(N)=O)[C@H]1CC[C@@H]2CN(c3ccc(OC(F)(F)F)cc3)C[C@@H]21. The van der Waals surface area contributed by atoms with Gasteiger partial charge in [-0.3, -0.25) is 4.79 Å². The monoisotopic (exact) mass is 426 g/mol. The Morgan fingerprint density at radius 1 is 1.17 bits per heavy atom. The summed E-state index contributed by atoms with van der Waals surface area (Å²) >= 11 is 0. The molecule has 1 saturated heterocycles. The van der Waals surface area contributed by atoms with Gasteiger partial charge in [0.05, 0.1) is 20.1 Å². The van der Waals surface area contributed by atoms with Crippen LogP contribution in [0.4, 0.5) is 18.9 Å². The van der Waals surface area contributed by atoms with E-state index in [1.165, 1.54) is 25.0 Å². The van der Waals surface area contributed by atoms with Crippen LogP contribution in [-0.4, -0.2) is 56.0 Å². The number of nitrogens with zero attached hydrogens (tertiary/aromatic N) is 2. The summed E-state index contributed by atoms with van der Waals surface area (Å²) < 4.78 is 41.8. The molecule has 1 amide bonds. The quantitative estimate of drug-likeness (QED) is 0.679. The molecule has 2 N–H and O–H groups in total. The molecule has 0 spiro atoms. The molecule has 3 aliphatic rings. The predicted molar refractivity (Wildman–Crippen MR) is 108 cm³/mol. The van der Waals surface area contributed by atoms with Crippen LogP contribution in [0.2, 0.25) is 0 Å². The van der Waals surface area contributed by atoms with Crippen LogP contribution >= 0.6 is 0 Å². The molecule has 30 heavy (non-hydrogen) atoms. The fourth-order valence-electron chi connectivity index (χ4n) is 5.75. The zero-order valence-corrected chi connectivity index (χ0v) is 17.6. The molecule has 4 rings (SSSR count). The summed E-state index contributed by atoms with van der Waals surface area (Å²) in [5.41, 5.74) is 6.73. The number of hydrogen-bond acceptors (Lipinski definition) is 3. The van der Waals surface area contributed by atoms with Gasteiger partial charge in [-0.15, -0.1) is 13.2 Å². The highest BCUT2D eigenvalue weighted by atomic mass is 19.4. The number of carbonyl (C=O) groups is 1. The Hall–Kier alpha value is -1.96. The Bertz CT molecular complexity index is 777. The number of alkyl halides is 3.